The summed E-state index contributed by atoms with van der Waals surface area (Å²) in [5.41, 5.74) is 1.84. The molecule has 3 aromatic rings. The Balaban J connectivity index is 1.96. The molecule has 0 aliphatic carbocycles. The maximum atomic E-state index is 12.9. The van der Waals surface area contributed by atoms with Crippen LogP contribution in [0.25, 0.3) is 11.0 Å². The maximum absolute atomic E-state index is 12.9. The lowest BCUT2D eigenvalue weighted by molar-refractivity contribution is 0.246. The number of rotatable bonds is 2. The lowest BCUT2D eigenvalue weighted by atomic mass is 10.1. The Morgan fingerprint density at radius 1 is 1.17 bits per heavy atom. The van der Waals surface area contributed by atoms with Crippen LogP contribution in [0.15, 0.2) is 53.7 Å². The monoisotopic (exact) mass is 342 g/mol. The summed E-state index contributed by atoms with van der Waals surface area (Å²) in [6, 6.07) is 9.64. The number of anilines is 1. The van der Waals surface area contributed by atoms with Gasteiger partial charge in [0.1, 0.15) is 0 Å². The van der Waals surface area contributed by atoms with Crippen molar-refractivity contribution in [2.24, 2.45) is 0 Å². The van der Waals surface area contributed by atoms with E-state index in [4.69, 9.17) is 0 Å². The molecule has 3 heterocycles. The second-order valence-corrected chi connectivity index (χ2v) is 7.33. The molecule has 1 aromatic carbocycles. The van der Waals surface area contributed by atoms with Gasteiger partial charge in [-0.3, -0.25) is 4.90 Å². The molecule has 0 atom stereocenters. The van der Waals surface area contributed by atoms with Gasteiger partial charge in [-0.25, -0.2) is 22.2 Å². The fourth-order valence-electron chi connectivity index (χ4n) is 2.91. The van der Waals surface area contributed by atoms with Gasteiger partial charge in [-0.1, -0.05) is 18.2 Å². The topological polar surface area (TPSA) is 84.3 Å². The van der Waals surface area contributed by atoms with E-state index < -0.39 is 10.0 Å². The Morgan fingerprint density at radius 3 is 2.67 bits per heavy atom. The number of nitrogens with one attached hydrogen (secondary N) is 1. The van der Waals surface area contributed by atoms with Gasteiger partial charge in [0.2, 0.25) is 0 Å². The molecule has 0 bridgehead atoms. The number of amides is 2. The number of pyridine rings is 1. The average molecular weight is 342 g/mol. The molecule has 2 aromatic heterocycles. The zero-order valence-electron chi connectivity index (χ0n) is 12.8. The number of hydrogen-bond acceptors (Lipinski definition) is 4. The van der Waals surface area contributed by atoms with Crippen molar-refractivity contribution in [1.82, 2.24) is 14.3 Å². The van der Waals surface area contributed by atoms with Crippen molar-refractivity contribution in [3.8, 4) is 0 Å². The molecule has 7 nitrogen and oxygen atoms in total. The highest BCUT2D eigenvalue weighted by molar-refractivity contribution is 7.90. The first kappa shape index (κ1) is 14.7. The van der Waals surface area contributed by atoms with Crippen LogP contribution >= 0.6 is 0 Å². The SMILES string of the molecule is CN1C(=O)NCc2cnc3c(ccn3S(=O)(=O)c3ccccc3)c21. The summed E-state index contributed by atoms with van der Waals surface area (Å²) in [5.74, 6) is 0. The first-order valence-electron chi connectivity index (χ1n) is 7.31. The van der Waals surface area contributed by atoms with E-state index in [-0.39, 0.29) is 10.9 Å². The van der Waals surface area contributed by atoms with Crippen LogP contribution < -0.4 is 10.2 Å². The number of benzene rings is 1. The zero-order valence-corrected chi connectivity index (χ0v) is 13.6. The van der Waals surface area contributed by atoms with Gasteiger partial charge in [0.15, 0.2) is 5.65 Å². The lowest BCUT2D eigenvalue weighted by Gasteiger charge is -2.26. The predicted molar refractivity (Wildman–Crippen MR) is 89.4 cm³/mol. The minimum absolute atomic E-state index is 0.188. The number of carbonyl (C=O) groups excluding carboxylic acids is 1. The number of urea groups is 1. The van der Waals surface area contributed by atoms with E-state index in [2.05, 4.69) is 10.3 Å². The van der Waals surface area contributed by atoms with E-state index in [1.54, 1.807) is 49.6 Å². The molecule has 24 heavy (non-hydrogen) atoms. The van der Waals surface area contributed by atoms with Crippen LogP contribution in [0, 0.1) is 0 Å². The summed E-state index contributed by atoms with van der Waals surface area (Å²) < 4.78 is 26.9. The molecular formula is C16H14N4O3S. The number of carbonyl (C=O) groups is 1. The fraction of sp³-hybridized carbons (Fsp3) is 0.125. The molecule has 0 spiro atoms. The molecule has 1 aliphatic heterocycles. The van der Waals surface area contributed by atoms with Gasteiger partial charge in [0, 0.05) is 36.9 Å². The minimum atomic E-state index is -3.74. The second-order valence-electron chi connectivity index (χ2n) is 5.52. The molecule has 1 N–H and O–H groups in total. The second kappa shape index (κ2) is 5.07. The third-order valence-corrected chi connectivity index (χ3v) is 5.78. The zero-order chi connectivity index (χ0) is 16.9. The van der Waals surface area contributed by atoms with Crippen LogP contribution in [0.2, 0.25) is 0 Å². The molecule has 2 amide bonds. The molecule has 4 rings (SSSR count). The van der Waals surface area contributed by atoms with Crippen molar-refractivity contribution in [1.29, 1.82) is 0 Å². The number of fused-ring (bicyclic) bond motifs is 3. The predicted octanol–water partition coefficient (Wildman–Crippen LogP) is 1.93. The van der Waals surface area contributed by atoms with E-state index in [0.717, 1.165) is 9.54 Å². The van der Waals surface area contributed by atoms with Gasteiger partial charge in [0.25, 0.3) is 10.0 Å². The van der Waals surface area contributed by atoms with Crippen molar-refractivity contribution >= 4 is 32.8 Å². The van der Waals surface area contributed by atoms with Crippen LogP contribution in [0.5, 0.6) is 0 Å². The number of nitrogens with zero attached hydrogens (tertiary/aromatic N) is 3. The molecule has 1 aliphatic rings. The van der Waals surface area contributed by atoms with Crippen LogP contribution in [-0.2, 0) is 16.6 Å². The van der Waals surface area contributed by atoms with Crippen LogP contribution in [0.1, 0.15) is 5.56 Å². The van der Waals surface area contributed by atoms with Crippen molar-refractivity contribution < 1.29 is 13.2 Å². The normalized spacial score (nSPS) is 14.5. The van der Waals surface area contributed by atoms with Crippen LogP contribution in [-0.4, -0.2) is 30.5 Å². The van der Waals surface area contributed by atoms with Crippen molar-refractivity contribution in [2.75, 3.05) is 11.9 Å². The Bertz CT molecular complexity index is 1060. The summed E-state index contributed by atoms with van der Waals surface area (Å²) in [6.45, 7) is 0.373. The molecule has 0 saturated heterocycles. The van der Waals surface area contributed by atoms with E-state index in [1.807, 2.05) is 0 Å². The van der Waals surface area contributed by atoms with Gasteiger partial charge >= 0.3 is 6.03 Å². The van der Waals surface area contributed by atoms with Crippen molar-refractivity contribution in [3.63, 3.8) is 0 Å². The Hall–Kier alpha value is -2.87. The van der Waals surface area contributed by atoms with Gasteiger partial charge in [-0.15, -0.1) is 0 Å². The number of aromatic nitrogens is 2. The van der Waals surface area contributed by atoms with E-state index in [9.17, 15) is 13.2 Å². The molecule has 122 valence electrons. The quantitative estimate of drug-likeness (QED) is 0.771. The standard InChI is InChI=1S/C16H14N4O3S/c1-19-14-11(10-18-16(19)21)9-17-15-13(14)7-8-20(15)24(22,23)12-5-3-2-4-6-12/h2-9H,10H2,1H3,(H,18,21). The van der Waals surface area contributed by atoms with Gasteiger partial charge in [0.05, 0.1) is 10.6 Å². The van der Waals surface area contributed by atoms with E-state index in [1.165, 1.54) is 11.1 Å². The first-order chi connectivity index (χ1) is 11.5. The van der Waals surface area contributed by atoms with Gasteiger partial charge in [-0.2, -0.15) is 0 Å². The molecule has 0 radical (unpaired) electrons. The van der Waals surface area contributed by atoms with Gasteiger partial charge < -0.3 is 5.32 Å². The largest absolute Gasteiger partial charge is 0.333 e. The smallest absolute Gasteiger partial charge is 0.321 e. The first-order valence-corrected chi connectivity index (χ1v) is 8.75. The summed E-state index contributed by atoms with van der Waals surface area (Å²) in [5, 5.41) is 3.37. The summed E-state index contributed by atoms with van der Waals surface area (Å²) in [7, 11) is -2.10. The Morgan fingerprint density at radius 2 is 1.92 bits per heavy atom. The third-order valence-electron chi connectivity index (χ3n) is 4.10. The molecule has 8 heteroatoms. The highest BCUT2D eigenvalue weighted by Crippen LogP contribution is 2.33. The van der Waals surface area contributed by atoms with Crippen molar-refractivity contribution in [2.45, 2.75) is 11.4 Å². The highest BCUT2D eigenvalue weighted by atomic mass is 32.2. The summed E-state index contributed by atoms with van der Waals surface area (Å²) >= 11 is 0. The van der Waals surface area contributed by atoms with Crippen LogP contribution in [0.4, 0.5) is 10.5 Å². The minimum Gasteiger partial charge on any atom is -0.333 e. The fourth-order valence-corrected chi connectivity index (χ4v) is 4.23. The van der Waals surface area contributed by atoms with Crippen molar-refractivity contribution in [3.05, 3.63) is 54.4 Å². The Labute approximate surface area is 138 Å². The summed E-state index contributed by atoms with van der Waals surface area (Å²) in [4.78, 5) is 17.9. The summed E-state index contributed by atoms with van der Waals surface area (Å²) in [6.07, 6.45) is 3.07. The molecule has 0 unspecified atom stereocenters. The van der Waals surface area contributed by atoms with E-state index in [0.29, 0.717) is 23.3 Å². The maximum Gasteiger partial charge on any atom is 0.321 e. The number of hydrogen-bond donors (Lipinski definition) is 1. The molecule has 0 saturated carbocycles. The lowest BCUT2D eigenvalue weighted by Crippen LogP contribution is -2.41. The third kappa shape index (κ3) is 2.00. The van der Waals surface area contributed by atoms with Gasteiger partial charge in [-0.05, 0) is 18.2 Å². The van der Waals surface area contributed by atoms with E-state index >= 15 is 0 Å². The average Bonchev–Trinajstić information content (AvgIpc) is 3.03. The molecular weight excluding hydrogens is 328 g/mol. The van der Waals surface area contributed by atoms with Crippen LogP contribution in [0.3, 0.4) is 0 Å². The highest BCUT2D eigenvalue weighted by Gasteiger charge is 2.26. The molecule has 0 fully saturated rings. The Kier molecular flexibility index (Phi) is 3.10.